The number of hydrogen-bond donors (Lipinski definition) is 1. The molecule has 1 N–H and O–H groups in total. The average molecular weight is 262 g/mol. The fourth-order valence-corrected chi connectivity index (χ4v) is 3.02. The van der Waals surface area contributed by atoms with Crippen LogP contribution in [-0.4, -0.2) is 6.54 Å². The predicted octanol–water partition coefficient (Wildman–Crippen LogP) is 3.82. The van der Waals surface area contributed by atoms with E-state index in [-0.39, 0.29) is 0 Å². The lowest BCUT2D eigenvalue weighted by Gasteiger charge is -2.13. The van der Waals surface area contributed by atoms with E-state index in [1.807, 2.05) is 18.2 Å². The monoisotopic (exact) mass is 262 g/mol. The highest BCUT2D eigenvalue weighted by atomic mass is 14.9. The maximum absolute atomic E-state index is 9.00. The van der Waals surface area contributed by atoms with Gasteiger partial charge in [-0.1, -0.05) is 37.3 Å². The van der Waals surface area contributed by atoms with Gasteiger partial charge in [0.15, 0.2) is 0 Å². The first-order valence-electron chi connectivity index (χ1n) is 7.18. The standard InChI is InChI=1S/C18H18N2/c1-2-20-18-9-7-16-11-15(6-8-17(16)18)14-5-3-4-13(10-14)12-19/h3-6,8,10-11,18,20H,2,7,9H2,1H3. The van der Waals surface area contributed by atoms with Crippen molar-refractivity contribution >= 4 is 0 Å². The Kier molecular flexibility index (Phi) is 3.54. The van der Waals surface area contributed by atoms with E-state index >= 15 is 0 Å². The van der Waals surface area contributed by atoms with Crippen molar-refractivity contribution in [2.24, 2.45) is 0 Å². The zero-order valence-corrected chi connectivity index (χ0v) is 11.7. The molecular formula is C18H18N2. The Morgan fingerprint density at radius 3 is 2.85 bits per heavy atom. The minimum atomic E-state index is 0.509. The molecule has 0 heterocycles. The highest BCUT2D eigenvalue weighted by Crippen LogP contribution is 2.34. The summed E-state index contributed by atoms with van der Waals surface area (Å²) in [5, 5.41) is 12.5. The van der Waals surface area contributed by atoms with Crippen molar-refractivity contribution in [3.63, 3.8) is 0 Å². The molecule has 0 bridgehead atoms. The van der Waals surface area contributed by atoms with Crippen LogP contribution in [0.1, 0.15) is 36.1 Å². The number of aryl methyl sites for hydroxylation is 1. The Bertz CT molecular complexity index is 667. The number of nitriles is 1. The third-order valence-electron chi connectivity index (χ3n) is 4.00. The maximum atomic E-state index is 9.00. The molecule has 0 aromatic heterocycles. The summed E-state index contributed by atoms with van der Waals surface area (Å²) in [6.07, 6.45) is 2.32. The third kappa shape index (κ3) is 2.33. The molecule has 0 amide bonds. The van der Waals surface area contributed by atoms with Gasteiger partial charge in [0.05, 0.1) is 11.6 Å². The van der Waals surface area contributed by atoms with Crippen LogP contribution in [0.15, 0.2) is 42.5 Å². The topological polar surface area (TPSA) is 35.8 Å². The van der Waals surface area contributed by atoms with Crippen LogP contribution in [0.5, 0.6) is 0 Å². The van der Waals surface area contributed by atoms with Crippen molar-refractivity contribution in [2.45, 2.75) is 25.8 Å². The van der Waals surface area contributed by atoms with Gasteiger partial charge in [0, 0.05) is 6.04 Å². The van der Waals surface area contributed by atoms with Crippen LogP contribution in [0.3, 0.4) is 0 Å². The summed E-state index contributed by atoms with van der Waals surface area (Å²) < 4.78 is 0. The van der Waals surface area contributed by atoms with Crippen molar-refractivity contribution in [3.05, 3.63) is 59.2 Å². The fourth-order valence-electron chi connectivity index (χ4n) is 3.02. The molecule has 1 atom stereocenters. The zero-order valence-electron chi connectivity index (χ0n) is 11.7. The minimum absolute atomic E-state index is 0.509. The van der Waals surface area contributed by atoms with Crippen LogP contribution in [0.4, 0.5) is 0 Å². The number of nitrogens with one attached hydrogen (secondary N) is 1. The molecule has 2 nitrogen and oxygen atoms in total. The molecule has 0 saturated heterocycles. The number of benzene rings is 2. The van der Waals surface area contributed by atoms with E-state index in [0.29, 0.717) is 11.6 Å². The number of nitrogens with zero attached hydrogens (tertiary/aromatic N) is 1. The van der Waals surface area contributed by atoms with Crippen molar-refractivity contribution in [1.29, 1.82) is 5.26 Å². The molecule has 3 rings (SSSR count). The lowest BCUT2D eigenvalue weighted by Crippen LogP contribution is -2.18. The van der Waals surface area contributed by atoms with Crippen molar-refractivity contribution in [2.75, 3.05) is 6.54 Å². The van der Waals surface area contributed by atoms with Gasteiger partial charge in [-0.05, 0) is 53.8 Å². The van der Waals surface area contributed by atoms with Crippen LogP contribution in [-0.2, 0) is 6.42 Å². The Morgan fingerprint density at radius 2 is 2.05 bits per heavy atom. The highest BCUT2D eigenvalue weighted by molar-refractivity contribution is 5.67. The number of fused-ring (bicyclic) bond motifs is 1. The second kappa shape index (κ2) is 5.48. The highest BCUT2D eigenvalue weighted by Gasteiger charge is 2.21. The first kappa shape index (κ1) is 12.9. The normalized spacial score (nSPS) is 16.7. The summed E-state index contributed by atoms with van der Waals surface area (Å²) in [6, 6.07) is 17.2. The zero-order chi connectivity index (χ0) is 13.9. The Balaban J connectivity index is 1.95. The molecule has 0 saturated carbocycles. The number of rotatable bonds is 3. The van der Waals surface area contributed by atoms with Crippen LogP contribution < -0.4 is 5.32 Å². The van der Waals surface area contributed by atoms with Crippen molar-refractivity contribution in [1.82, 2.24) is 5.32 Å². The van der Waals surface area contributed by atoms with Gasteiger partial charge in [0.1, 0.15) is 0 Å². The quantitative estimate of drug-likeness (QED) is 0.912. The van der Waals surface area contributed by atoms with E-state index in [9.17, 15) is 0 Å². The van der Waals surface area contributed by atoms with Crippen molar-refractivity contribution < 1.29 is 0 Å². The first-order valence-corrected chi connectivity index (χ1v) is 7.18. The molecule has 1 unspecified atom stereocenters. The predicted molar refractivity (Wildman–Crippen MR) is 81.3 cm³/mol. The molecule has 0 spiro atoms. The van der Waals surface area contributed by atoms with Gasteiger partial charge in [-0.15, -0.1) is 0 Å². The van der Waals surface area contributed by atoms with E-state index < -0.39 is 0 Å². The second-order valence-electron chi connectivity index (χ2n) is 5.26. The van der Waals surface area contributed by atoms with E-state index in [0.717, 1.165) is 18.5 Å². The van der Waals surface area contributed by atoms with Gasteiger partial charge in [0.25, 0.3) is 0 Å². The van der Waals surface area contributed by atoms with Crippen LogP contribution in [0, 0.1) is 11.3 Å². The molecule has 2 aromatic rings. The molecule has 0 aliphatic heterocycles. The summed E-state index contributed by atoms with van der Waals surface area (Å²) >= 11 is 0. The summed E-state index contributed by atoms with van der Waals surface area (Å²) in [6.45, 7) is 3.16. The Labute approximate surface area is 120 Å². The molecule has 2 aromatic carbocycles. The first-order chi connectivity index (χ1) is 9.81. The average Bonchev–Trinajstić information content (AvgIpc) is 2.90. The van der Waals surface area contributed by atoms with Gasteiger partial charge >= 0.3 is 0 Å². The molecule has 1 aliphatic carbocycles. The van der Waals surface area contributed by atoms with Gasteiger partial charge in [0.2, 0.25) is 0 Å². The van der Waals surface area contributed by atoms with Crippen LogP contribution >= 0.6 is 0 Å². The van der Waals surface area contributed by atoms with Gasteiger partial charge in [-0.3, -0.25) is 0 Å². The summed E-state index contributed by atoms with van der Waals surface area (Å²) in [7, 11) is 0. The molecular weight excluding hydrogens is 244 g/mol. The van der Waals surface area contributed by atoms with Crippen molar-refractivity contribution in [3.8, 4) is 17.2 Å². The summed E-state index contributed by atoms with van der Waals surface area (Å²) in [5.41, 5.74) is 5.92. The van der Waals surface area contributed by atoms with Gasteiger partial charge < -0.3 is 5.32 Å². The largest absolute Gasteiger partial charge is 0.310 e. The molecule has 0 radical (unpaired) electrons. The Morgan fingerprint density at radius 1 is 1.20 bits per heavy atom. The smallest absolute Gasteiger partial charge is 0.0991 e. The maximum Gasteiger partial charge on any atom is 0.0991 e. The minimum Gasteiger partial charge on any atom is -0.310 e. The molecule has 20 heavy (non-hydrogen) atoms. The molecule has 2 heteroatoms. The van der Waals surface area contributed by atoms with E-state index in [1.54, 1.807) is 0 Å². The number of hydrogen-bond acceptors (Lipinski definition) is 2. The summed E-state index contributed by atoms with van der Waals surface area (Å²) in [4.78, 5) is 0. The second-order valence-corrected chi connectivity index (χ2v) is 5.26. The van der Waals surface area contributed by atoms with Crippen LogP contribution in [0.2, 0.25) is 0 Å². The molecule has 100 valence electrons. The summed E-state index contributed by atoms with van der Waals surface area (Å²) in [5.74, 6) is 0. The SMILES string of the molecule is CCNC1CCc2cc(-c3cccc(C#N)c3)ccc21. The van der Waals surface area contributed by atoms with Gasteiger partial charge in [-0.2, -0.15) is 5.26 Å². The Hall–Kier alpha value is -2.11. The van der Waals surface area contributed by atoms with Crippen LogP contribution in [0.25, 0.3) is 11.1 Å². The van der Waals surface area contributed by atoms with E-state index in [2.05, 4.69) is 42.6 Å². The third-order valence-corrected chi connectivity index (χ3v) is 4.00. The molecule has 1 aliphatic rings. The van der Waals surface area contributed by atoms with E-state index in [1.165, 1.54) is 23.1 Å². The lowest BCUT2D eigenvalue weighted by atomic mass is 9.98. The fraction of sp³-hybridized carbons (Fsp3) is 0.278. The van der Waals surface area contributed by atoms with E-state index in [4.69, 9.17) is 5.26 Å². The molecule has 0 fully saturated rings. The van der Waals surface area contributed by atoms with Gasteiger partial charge in [-0.25, -0.2) is 0 Å². The lowest BCUT2D eigenvalue weighted by molar-refractivity contribution is 0.549.